The maximum Gasteiger partial charge on any atom is -0.0351 e. The fourth-order valence-electron chi connectivity index (χ4n) is 1.87. The zero-order valence-corrected chi connectivity index (χ0v) is 12.0. The van der Waals surface area contributed by atoms with Crippen molar-refractivity contribution in [2.75, 3.05) is 0 Å². The number of hydrogen-bond acceptors (Lipinski definition) is 0. The van der Waals surface area contributed by atoms with Crippen molar-refractivity contribution in [3.8, 4) is 0 Å². The van der Waals surface area contributed by atoms with Crippen LogP contribution >= 0.6 is 0 Å². The van der Waals surface area contributed by atoms with Gasteiger partial charge in [-0.05, 0) is 37.5 Å². The molecule has 0 N–H and O–H groups in total. The fourth-order valence-corrected chi connectivity index (χ4v) is 1.87. The molecule has 0 aliphatic heterocycles. The van der Waals surface area contributed by atoms with E-state index in [-0.39, 0.29) is 0 Å². The Bertz CT molecular complexity index is 153. The summed E-state index contributed by atoms with van der Waals surface area (Å²) in [5.74, 6) is 1.75. The normalized spacial score (nSPS) is 12.1. The first kappa shape index (κ1) is 15.7. The van der Waals surface area contributed by atoms with Crippen molar-refractivity contribution >= 4 is 0 Å². The highest BCUT2D eigenvalue weighted by Gasteiger charge is 1.93. The topological polar surface area (TPSA) is 0 Å². The van der Waals surface area contributed by atoms with Gasteiger partial charge in [-0.25, -0.2) is 0 Å². The van der Waals surface area contributed by atoms with Crippen LogP contribution in [0.4, 0.5) is 0 Å². The fraction of sp³-hybridized carbons (Fsp3) is 0.875. The predicted octanol–water partition coefficient (Wildman–Crippen LogP) is 5.98. The Morgan fingerprint density at radius 3 is 1.69 bits per heavy atom. The summed E-state index contributed by atoms with van der Waals surface area (Å²) in [5.41, 5.74) is 0. The van der Waals surface area contributed by atoms with Gasteiger partial charge in [-0.15, -0.1) is 0 Å². The van der Waals surface area contributed by atoms with Crippen molar-refractivity contribution in [2.24, 2.45) is 11.8 Å². The molecule has 0 amide bonds. The molecule has 0 aliphatic rings. The molecule has 0 bridgehead atoms. The highest BCUT2D eigenvalue weighted by atomic mass is 14.0. The lowest BCUT2D eigenvalue weighted by Gasteiger charge is -2.02. The van der Waals surface area contributed by atoms with E-state index >= 15 is 0 Å². The van der Waals surface area contributed by atoms with E-state index in [1.807, 2.05) is 0 Å². The Labute approximate surface area is 104 Å². The molecule has 0 spiro atoms. The monoisotopic (exact) mass is 224 g/mol. The van der Waals surface area contributed by atoms with Crippen molar-refractivity contribution in [3.05, 3.63) is 12.2 Å². The second-order valence-corrected chi connectivity index (χ2v) is 5.83. The Balaban J connectivity index is 3.10. The molecule has 0 heterocycles. The van der Waals surface area contributed by atoms with E-state index in [9.17, 15) is 0 Å². The molecule has 0 aliphatic carbocycles. The first-order valence-electron chi connectivity index (χ1n) is 7.28. The molecule has 0 rings (SSSR count). The van der Waals surface area contributed by atoms with Gasteiger partial charge in [-0.2, -0.15) is 0 Å². The van der Waals surface area contributed by atoms with Gasteiger partial charge >= 0.3 is 0 Å². The second kappa shape index (κ2) is 11.2. The number of hydrogen-bond donors (Lipinski definition) is 0. The molecule has 0 unspecified atom stereocenters. The summed E-state index contributed by atoms with van der Waals surface area (Å²) in [5, 5.41) is 0. The minimum atomic E-state index is 0.865. The molecule has 0 radical (unpaired) electrons. The van der Waals surface area contributed by atoms with E-state index in [4.69, 9.17) is 0 Å². The molecule has 0 nitrogen and oxygen atoms in total. The van der Waals surface area contributed by atoms with Crippen LogP contribution in [0.2, 0.25) is 0 Å². The van der Waals surface area contributed by atoms with Crippen LogP contribution < -0.4 is 0 Å². The first-order valence-corrected chi connectivity index (χ1v) is 7.28. The van der Waals surface area contributed by atoms with Gasteiger partial charge < -0.3 is 0 Å². The Hall–Kier alpha value is -0.260. The SMILES string of the molecule is CC(C)CCC/C=C\CCCCCC(C)C. The molecular weight excluding hydrogens is 192 g/mol. The zero-order chi connectivity index (χ0) is 12.2. The summed E-state index contributed by atoms with van der Waals surface area (Å²) >= 11 is 0. The highest BCUT2D eigenvalue weighted by molar-refractivity contribution is 4.81. The van der Waals surface area contributed by atoms with E-state index in [0.717, 1.165) is 11.8 Å². The zero-order valence-electron chi connectivity index (χ0n) is 12.0. The average molecular weight is 224 g/mol. The summed E-state index contributed by atoms with van der Waals surface area (Å²) in [7, 11) is 0. The third-order valence-electron chi connectivity index (χ3n) is 2.97. The van der Waals surface area contributed by atoms with Crippen LogP contribution in [0.1, 0.15) is 79.1 Å². The van der Waals surface area contributed by atoms with Gasteiger partial charge in [0.15, 0.2) is 0 Å². The molecule has 0 aromatic heterocycles. The lowest BCUT2D eigenvalue weighted by Crippen LogP contribution is -1.86. The van der Waals surface area contributed by atoms with Crippen LogP contribution in [-0.4, -0.2) is 0 Å². The number of allylic oxidation sites excluding steroid dienone is 2. The average Bonchev–Trinajstić information content (AvgIpc) is 2.20. The van der Waals surface area contributed by atoms with E-state index < -0.39 is 0 Å². The van der Waals surface area contributed by atoms with E-state index in [1.54, 1.807) is 0 Å². The summed E-state index contributed by atoms with van der Waals surface area (Å²) in [6.45, 7) is 9.24. The molecule has 0 aromatic carbocycles. The van der Waals surface area contributed by atoms with Crippen molar-refractivity contribution < 1.29 is 0 Å². The molecule has 0 fully saturated rings. The van der Waals surface area contributed by atoms with Gasteiger partial charge in [0.2, 0.25) is 0 Å². The quantitative estimate of drug-likeness (QED) is 0.316. The van der Waals surface area contributed by atoms with Crippen molar-refractivity contribution in [1.82, 2.24) is 0 Å². The highest BCUT2D eigenvalue weighted by Crippen LogP contribution is 2.10. The maximum absolute atomic E-state index is 2.38. The maximum atomic E-state index is 2.38. The summed E-state index contributed by atoms with van der Waals surface area (Å²) in [4.78, 5) is 0. The van der Waals surface area contributed by atoms with Gasteiger partial charge in [-0.3, -0.25) is 0 Å². The molecular formula is C16H32. The van der Waals surface area contributed by atoms with Gasteiger partial charge in [0, 0.05) is 0 Å². The van der Waals surface area contributed by atoms with Crippen LogP contribution in [0.3, 0.4) is 0 Å². The molecule has 16 heavy (non-hydrogen) atoms. The van der Waals surface area contributed by atoms with Gasteiger partial charge in [0.05, 0.1) is 0 Å². The molecule has 0 saturated heterocycles. The van der Waals surface area contributed by atoms with Crippen LogP contribution in [0.25, 0.3) is 0 Å². The Kier molecular flexibility index (Phi) is 11.0. The number of rotatable bonds is 10. The smallest absolute Gasteiger partial charge is 0.0351 e. The van der Waals surface area contributed by atoms with Crippen molar-refractivity contribution in [2.45, 2.75) is 79.1 Å². The van der Waals surface area contributed by atoms with E-state index in [1.165, 1.54) is 51.4 Å². The van der Waals surface area contributed by atoms with E-state index in [2.05, 4.69) is 39.8 Å². The lowest BCUT2D eigenvalue weighted by atomic mass is 10.0. The predicted molar refractivity (Wildman–Crippen MR) is 75.8 cm³/mol. The lowest BCUT2D eigenvalue weighted by molar-refractivity contribution is 0.528. The number of unbranched alkanes of at least 4 members (excludes halogenated alkanes) is 4. The molecule has 0 aromatic rings. The molecule has 0 heteroatoms. The molecule has 0 saturated carbocycles. The molecule has 0 atom stereocenters. The van der Waals surface area contributed by atoms with Crippen molar-refractivity contribution in [1.29, 1.82) is 0 Å². The Morgan fingerprint density at radius 1 is 0.625 bits per heavy atom. The molecule has 96 valence electrons. The van der Waals surface area contributed by atoms with Crippen LogP contribution in [0.15, 0.2) is 12.2 Å². The summed E-state index contributed by atoms with van der Waals surface area (Å²) in [6.07, 6.45) is 15.7. The van der Waals surface area contributed by atoms with Gasteiger partial charge in [0.1, 0.15) is 0 Å². The first-order chi connectivity index (χ1) is 7.63. The van der Waals surface area contributed by atoms with Gasteiger partial charge in [0.25, 0.3) is 0 Å². The summed E-state index contributed by atoms with van der Waals surface area (Å²) < 4.78 is 0. The third kappa shape index (κ3) is 13.7. The van der Waals surface area contributed by atoms with Gasteiger partial charge in [-0.1, -0.05) is 65.5 Å². The Morgan fingerprint density at radius 2 is 1.12 bits per heavy atom. The van der Waals surface area contributed by atoms with Crippen LogP contribution in [0, 0.1) is 11.8 Å². The largest absolute Gasteiger partial charge is 0.0885 e. The second-order valence-electron chi connectivity index (χ2n) is 5.83. The van der Waals surface area contributed by atoms with Crippen molar-refractivity contribution in [3.63, 3.8) is 0 Å². The third-order valence-corrected chi connectivity index (χ3v) is 2.97. The minimum absolute atomic E-state index is 0.865. The van der Waals surface area contributed by atoms with E-state index in [0.29, 0.717) is 0 Å². The van der Waals surface area contributed by atoms with Crippen LogP contribution in [0.5, 0.6) is 0 Å². The minimum Gasteiger partial charge on any atom is -0.0885 e. The summed E-state index contributed by atoms with van der Waals surface area (Å²) in [6, 6.07) is 0. The van der Waals surface area contributed by atoms with Crippen LogP contribution in [-0.2, 0) is 0 Å². The standard InChI is InChI=1S/C16H32/c1-15(2)13-11-9-7-5-6-8-10-12-14-16(3)4/h5,7,15-16H,6,8-14H2,1-4H3/b7-5-.